The first-order valence-corrected chi connectivity index (χ1v) is 8.56. The molecule has 2 aromatic rings. The molecule has 1 aliphatic carbocycles. The maximum Gasteiger partial charge on any atom is 0.275 e. The normalized spacial score (nSPS) is 22.2. The fourth-order valence-electron chi connectivity index (χ4n) is 3.08. The predicted molar refractivity (Wildman–Crippen MR) is 86.0 cm³/mol. The van der Waals surface area contributed by atoms with E-state index in [1.165, 1.54) is 54.0 Å². The van der Waals surface area contributed by atoms with Crippen molar-refractivity contribution in [1.29, 1.82) is 0 Å². The molecule has 0 aliphatic heterocycles. The summed E-state index contributed by atoms with van der Waals surface area (Å²) in [6, 6.07) is 1.93. The van der Waals surface area contributed by atoms with E-state index in [0.29, 0.717) is 11.0 Å². The van der Waals surface area contributed by atoms with Crippen LogP contribution in [-0.4, -0.2) is 20.6 Å². The van der Waals surface area contributed by atoms with E-state index in [9.17, 15) is 4.79 Å². The summed E-state index contributed by atoms with van der Waals surface area (Å²) >= 11 is 1.45. The van der Waals surface area contributed by atoms with Gasteiger partial charge >= 0.3 is 0 Å². The van der Waals surface area contributed by atoms with Crippen molar-refractivity contribution in [2.45, 2.75) is 52.0 Å². The third-order valence-electron chi connectivity index (χ3n) is 4.25. The number of anilines is 1. The van der Waals surface area contributed by atoms with Gasteiger partial charge in [-0.3, -0.25) is 4.79 Å². The Hall–Kier alpha value is -1.43. The summed E-state index contributed by atoms with van der Waals surface area (Å²) in [7, 11) is 0. The van der Waals surface area contributed by atoms with Crippen LogP contribution < -0.4 is 10.9 Å². The van der Waals surface area contributed by atoms with Crippen LogP contribution in [0.4, 0.5) is 5.13 Å². The molecule has 21 heavy (non-hydrogen) atoms. The molecular weight excluding hydrogens is 284 g/mol. The highest BCUT2D eigenvalue weighted by molar-refractivity contribution is 7.20. The van der Waals surface area contributed by atoms with Gasteiger partial charge in [0.05, 0.1) is 0 Å². The zero-order valence-corrected chi connectivity index (χ0v) is 13.4. The van der Waals surface area contributed by atoms with Crippen LogP contribution in [0.25, 0.3) is 4.96 Å². The Labute approximate surface area is 128 Å². The number of fused-ring (bicyclic) bond motifs is 1. The summed E-state index contributed by atoms with van der Waals surface area (Å²) < 4.78 is 1.38. The number of aromatic nitrogens is 3. The molecule has 2 heterocycles. The maximum absolute atomic E-state index is 11.7. The molecular formula is C15H22N4OS. The molecule has 114 valence electrons. The second-order valence-corrected chi connectivity index (χ2v) is 7.25. The lowest BCUT2D eigenvalue weighted by Crippen LogP contribution is -2.24. The Balaban J connectivity index is 1.72. The third-order valence-corrected chi connectivity index (χ3v) is 5.11. The van der Waals surface area contributed by atoms with Crippen molar-refractivity contribution < 1.29 is 0 Å². The summed E-state index contributed by atoms with van der Waals surface area (Å²) in [6.07, 6.45) is 7.88. The van der Waals surface area contributed by atoms with E-state index >= 15 is 0 Å². The van der Waals surface area contributed by atoms with Gasteiger partial charge in [-0.05, 0) is 31.1 Å². The molecule has 1 saturated carbocycles. The van der Waals surface area contributed by atoms with E-state index < -0.39 is 0 Å². The quantitative estimate of drug-likeness (QED) is 0.922. The molecule has 6 heteroatoms. The molecule has 0 saturated heterocycles. The first-order valence-electron chi connectivity index (χ1n) is 7.75. The summed E-state index contributed by atoms with van der Waals surface area (Å²) in [5.74, 6) is 1.49. The first kappa shape index (κ1) is 14.5. The number of hydrogen-bond donors (Lipinski definition) is 1. The van der Waals surface area contributed by atoms with Gasteiger partial charge in [0.25, 0.3) is 5.56 Å². The highest BCUT2D eigenvalue weighted by atomic mass is 32.1. The van der Waals surface area contributed by atoms with Crippen LogP contribution in [-0.2, 0) is 0 Å². The van der Waals surface area contributed by atoms with Gasteiger partial charge in [-0.2, -0.15) is 4.52 Å². The monoisotopic (exact) mass is 306 g/mol. The molecule has 2 unspecified atom stereocenters. The molecule has 0 bridgehead atoms. The Morgan fingerprint density at radius 2 is 2.33 bits per heavy atom. The maximum atomic E-state index is 11.7. The van der Waals surface area contributed by atoms with Crippen molar-refractivity contribution in [2.75, 3.05) is 5.32 Å². The third kappa shape index (κ3) is 3.26. The summed E-state index contributed by atoms with van der Waals surface area (Å²) in [4.78, 5) is 16.6. The van der Waals surface area contributed by atoms with Crippen LogP contribution >= 0.6 is 11.3 Å². The van der Waals surface area contributed by atoms with Gasteiger partial charge in [-0.15, -0.1) is 5.10 Å². The van der Waals surface area contributed by atoms with E-state index in [0.717, 1.165) is 17.0 Å². The topological polar surface area (TPSA) is 59.3 Å². The first-order chi connectivity index (χ1) is 10.1. The minimum absolute atomic E-state index is 0.118. The van der Waals surface area contributed by atoms with Gasteiger partial charge in [0.2, 0.25) is 10.1 Å². The molecule has 0 spiro atoms. The van der Waals surface area contributed by atoms with E-state index in [4.69, 9.17) is 0 Å². The minimum Gasteiger partial charge on any atom is -0.357 e. The van der Waals surface area contributed by atoms with Crippen molar-refractivity contribution >= 4 is 21.4 Å². The van der Waals surface area contributed by atoms with Crippen LogP contribution in [0.2, 0.25) is 0 Å². The summed E-state index contributed by atoms with van der Waals surface area (Å²) in [5, 5.41) is 8.71. The van der Waals surface area contributed by atoms with Crippen molar-refractivity contribution in [2.24, 2.45) is 11.8 Å². The van der Waals surface area contributed by atoms with Crippen LogP contribution in [0.15, 0.2) is 17.1 Å². The molecule has 0 radical (unpaired) electrons. The lowest BCUT2D eigenvalue weighted by Gasteiger charge is -2.21. The van der Waals surface area contributed by atoms with E-state index in [-0.39, 0.29) is 5.56 Å². The predicted octanol–water partition coefficient (Wildman–Crippen LogP) is 3.17. The lowest BCUT2D eigenvalue weighted by atomic mass is 9.94. The number of rotatable bonds is 5. The Bertz CT molecular complexity index is 663. The van der Waals surface area contributed by atoms with Gasteiger partial charge in [0.1, 0.15) is 0 Å². The molecule has 5 nitrogen and oxygen atoms in total. The average molecular weight is 306 g/mol. The highest BCUT2D eigenvalue weighted by Crippen LogP contribution is 2.33. The molecule has 1 fully saturated rings. The van der Waals surface area contributed by atoms with E-state index in [2.05, 4.69) is 29.2 Å². The summed E-state index contributed by atoms with van der Waals surface area (Å²) in [6.45, 7) is 4.56. The second-order valence-electron chi connectivity index (χ2n) is 6.30. The van der Waals surface area contributed by atoms with Crippen LogP contribution in [0, 0.1) is 11.8 Å². The molecule has 0 amide bonds. The number of hydrogen-bond acceptors (Lipinski definition) is 5. The fraction of sp³-hybridized carbons (Fsp3) is 0.667. The SMILES string of the molecule is CC(C)CCC1CCCC1Nc1nn2c(=O)ccnc2s1. The Morgan fingerprint density at radius 3 is 3.10 bits per heavy atom. The van der Waals surface area contributed by atoms with Crippen molar-refractivity contribution in [3.05, 3.63) is 22.6 Å². The smallest absolute Gasteiger partial charge is 0.275 e. The largest absolute Gasteiger partial charge is 0.357 e. The van der Waals surface area contributed by atoms with Crippen molar-refractivity contribution in [1.82, 2.24) is 14.6 Å². The molecule has 0 aromatic carbocycles. The molecule has 1 aliphatic rings. The van der Waals surface area contributed by atoms with Gasteiger partial charge < -0.3 is 5.32 Å². The molecule has 1 N–H and O–H groups in total. The standard InChI is InChI=1S/C15H22N4OS/c1-10(2)6-7-11-4-3-5-12(11)17-14-18-19-13(20)8-9-16-15(19)21-14/h8-12H,3-7H2,1-2H3,(H,17,18). The van der Waals surface area contributed by atoms with Crippen LogP contribution in [0.3, 0.4) is 0 Å². The van der Waals surface area contributed by atoms with Crippen molar-refractivity contribution in [3.8, 4) is 0 Å². The molecule has 2 aromatic heterocycles. The Kier molecular flexibility index (Phi) is 4.24. The number of nitrogens with one attached hydrogen (secondary N) is 1. The minimum atomic E-state index is -0.118. The van der Waals surface area contributed by atoms with E-state index in [1.54, 1.807) is 6.20 Å². The number of nitrogens with zero attached hydrogens (tertiary/aromatic N) is 3. The van der Waals surface area contributed by atoms with Gasteiger partial charge in [-0.25, -0.2) is 4.98 Å². The zero-order chi connectivity index (χ0) is 14.8. The second kappa shape index (κ2) is 6.13. The average Bonchev–Trinajstić information content (AvgIpc) is 3.04. The Morgan fingerprint density at radius 1 is 1.48 bits per heavy atom. The lowest BCUT2D eigenvalue weighted by molar-refractivity contribution is 0.411. The van der Waals surface area contributed by atoms with Gasteiger partial charge in [0.15, 0.2) is 0 Å². The van der Waals surface area contributed by atoms with Gasteiger partial charge in [-0.1, -0.05) is 38.0 Å². The van der Waals surface area contributed by atoms with Crippen LogP contribution in [0.5, 0.6) is 0 Å². The fourth-order valence-corrected chi connectivity index (χ4v) is 3.92. The van der Waals surface area contributed by atoms with Crippen molar-refractivity contribution in [3.63, 3.8) is 0 Å². The zero-order valence-electron chi connectivity index (χ0n) is 12.6. The summed E-state index contributed by atoms with van der Waals surface area (Å²) in [5.41, 5.74) is -0.118. The molecule has 2 atom stereocenters. The highest BCUT2D eigenvalue weighted by Gasteiger charge is 2.27. The van der Waals surface area contributed by atoms with Crippen LogP contribution in [0.1, 0.15) is 46.0 Å². The van der Waals surface area contributed by atoms with Gasteiger partial charge in [0, 0.05) is 18.3 Å². The molecule has 3 rings (SSSR count). The van der Waals surface area contributed by atoms with E-state index in [1.807, 2.05) is 0 Å².